The Morgan fingerprint density at radius 1 is 1.39 bits per heavy atom. The molecule has 1 aliphatic rings. The van der Waals surface area contributed by atoms with Gasteiger partial charge in [0.2, 0.25) is 0 Å². The molecule has 23 heavy (non-hydrogen) atoms. The fraction of sp³-hybridized carbons (Fsp3) is 0.556. The first-order valence-corrected chi connectivity index (χ1v) is 8.38. The van der Waals surface area contributed by atoms with Crippen LogP contribution in [0.1, 0.15) is 25.3 Å². The normalized spacial score (nSPS) is 15.1. The predicted octanol–water partition coefficient (Wildman–Crippen LogP) is 2.77. The fourth-order valence-corrected chi connectivity index (χ4v) is 2.99. The summed E-state index contributed by atoms with van der Waals surface area (Å²) in [6.07, 6.45) is 1.57. The predicted molar refractivity (Wildman–Crippen MR) is 92.4 cm³/mol. The Balaban J connectivity index is 1.78. The molecule has 2 amide bonds. The summed E-state index contributed by atoms with van der Waals surface area (Å²) in [5.74, 6) is 0.107. The molecule has 0 aliphatic carbocycles. The topological polar surface area (TPSA) is 59.4 Å². The third kappa shape index (κ3) is 4.62. The van der Waals surface area contributed by atoms with E-state index in [9.17, 15) is 4.79 Å². The van der Waals surface area contributed by atoms with Crippen LogP contribution in [0.15, 0.2) is 24.3 Å². The fourth-order valence-electron chi connectivity index (χ4n) is 2.99. The molecule has 0 radical (unpaired) electrons. The first-order valence-electron chi connectivity index (χ1n) is 8.38. The molecule has 1 aliphatic heterocycles. The van der Waals surface area contributed by atoms with Gasteiger partial charge in [0, 0.05) is 44.3 Å². The standard InChI is InChI=1S/C18H26N4O/c1-3-21(17-7-5-4-6-15(17)2)13-10-20-18(23)22-11-8-16(14-19)9-12-22/h4-7,16H,3,8-13H2,1-2H3,(H,20,23). The van der Waals surface area contributed by atoms with Crippen molar-refractivity contribution < 1.29 is 4.79 Å². The number of rotatable bonds is 5. The Labute approximate surface area is 138 Å². The van der Waals surface area contributed by atoms with Gasteiger partial charge in [0.05, 0.1) is 6.07 Å². The number of hydrogen-bond acceptors (Lipinski definition) is 3. The SMILES string of the molecule is CCN(CCNC(=O)N1CCC(C#N)CC1)c1ccccc1C. The van der Waals surface area contributed by atoms with Gasteiger partial charge in [-0.05, 0) is 38.3 Å². The van der Waals surface area contributed by atoms with Gasteiger partial charge in [-0.1, -0.05) is 18.2 Å². The second kappa shape index (κ2) is 8.42. The quantitative estimate of drug-likeness (QED) is 0.909. The van der Waals surface area contributed by atoms with Gasteiger partial charge in [-0.15, -0.1) is 0 Å². The summed E-state index contributed by atoms with van der Waals surface area (Å²) in [6.45, 7) is 7.92. The zero-order chi connectivity index (χ0) is 16.7. The molecule has 0 unspecified atom stereocenters. The van der Waals surface area contributed by atoms with Crippen LogP contribution in [0.5, 0.6) is 0 Å². The lowest BCUT2D eigenvalue weighted by Gasteiger charge is -2.30. The molecule has 2 rings (SSSR count). The third-order valence-electron chi connectivity index (χ3n) is 4.46. The lowest BCUT2D eigenvalue weighted by Crippen LogP contribution is -2.46. The second-order valence-corrected chi connectivity index (χ2v) is 5.99. The molecule has 1 saturated heterocycles. The first-order chi connectivity index (χ1) is 11.2. The molecular weight excluding hydrogens is 288 g/mol. The summed E-state index contributed by atoms with van der Waals surface area (Å²) in [5, 5.41) is 11.9. The molecule has 5 heteroatoms. The van der Waals surface area contributed by atoms with Crippen LogP contribution < -0.4 is 10.2 Å². The zero-order valence-electron chi connectivity index (χ0n) is 14.1. The van der Waals surface area contributed by atoms with Gasteiger partial charge in [-0.2, -0.15) is 5.26 Å². The first kappa shape index (κ1) is 17.1. The number of likely N-dealkylation sites (N-methyl/N-ethyl adjacent to an activating group) is 1. The Morgan fingerprint density at radius 2 is 2.09 bits per heavy atom. The summed E-state index contributed by atoms with van der Waals surface area (Å²) in [6, 6.07) is 10.6. The Bertz CT molecular complexity index is 558. The van der Waals surface area contributed by atoms with Crippen LogP contribution in [-0.2, 0) is 0 Å². The molecule has 0 atom stereocenters. The van der Waals surface area contributed by atoms with Crippen molar-refractivity contribution in [3.05, 3.63) is 29.8 Å². The number of anilines is 1. The van der Waals surface area contributed by atoms with Crippen molar-refractivity contribution in [2.75, 3.05) is 37.6 Å². The molecule has 0 spiro atoms. The van der Waals surface area contributed by atoms with Crippen molar-refractivity contribution in [3.8, 4) is 6.07 Å². The van der Waals surface area contributed by atoms with E-state index in [1.165, 1.54) is 11.3 Å². The van der Waals surface area contributed by atoms with Crippen LogP contribution in [0.25, 0.3) is 0 Å². The van der Waals surface area contributed by atoms with Crippen LogP contribution in [0.2, 0.25) is 0 Å². The van der Waals surface area contributed by atoms with E-state index in [2.05, 4.69) is 42.3 Å². The van der Waals surface area contributed by atoms with Crippen molar-refractivity contribution >= 4 is 11.7 Å². The van der Waals surface area contributed by atoms with Crippen LogP contribution in [-0.4, -0.2) is 43.7 Å². The third-order valence-corrected chi connectivity index (χ3v) is 4.46. The summed E-state index contributed by atoms with van der Waals surface area (Å²) in [4.78, 5) is 16.3. The average molecular weight is 314 g/mol. The highest BCUT2D eigenvalue weighted by atomic mass is 16.2. The van der Waals surface area contributed by atoms with Crippen LogP contribution >= 0.6 is 0 Å². The van der Waals surface area contributed by atoms with Crippen molar-refractivity contribution in [1.29, 1.82) is 5.26 Å². The molecule has 1 aromatic carbocycles. The van der Waals surface area contributed by atoms with Crippen molar-refractivity contribution in [2.24, 2.45) is 5.92 Å². The van der Waals surface area contributed by atoms with Gasteiger partial charge in [0.15, 0.2) is 0 Å². The number of carbonyl (C=O) groups excluding carboxylic acids is 1. The molecular formula is C18H26N4O. The summed E-state index contributed by atoms with van der Waals surface area (Å²) < 4.78 is 0. The number of nitrogens with zero attached hydrogens (tertiary/aromatic N) is 3. The Morgan fingerprint density at radius 3 is 2.70 bits per heavy atom. The maximum atomic E-state index is 12.2. The van der Waals surface area contributed by atoms with Gasteiger partial charge in [0.25, 0.3) is 0 Å². The Hall–Kier alpha value is -2.22. The molecule has 1 N–H and O–H groups in total. The number of piperidine rings is 1. The minimum absolute atomic E-state index is 0.0118. The molecule has 0 bridgehead atoms. The highest BCUT2D eigenvalue weighted by Gasteiger charge is 2.22. The van der Waals surface area contributed by atoms with Gasteiger partial charge < -0.3 is 15.1 Å². The number of urea groups is 1. The van der Waals surface area contributed by atoms with Gasteiger partial charge in [-0.3, -0.25) is 0 Å². The molecule has 5 nitrogen and oxygen atoms in total. The van der Waals surface area contributed by atoms with Crippen molar-refractivity contribution in [3.63, 3.8) is 0 Å². The smallest absolute Gasteiger partial charge is 0.317 e. The highest BCUT2D eigenvalue weighted by molar-refractivity contribution is 5.74. The van der Waals surface area contributed by atoms with Gasteiger partial charge in [0.1, 0.15) is 0 Å². The number of hydrogen-bond donors (Lipinski definition) is 1. The lowest BCUT2D eigenvalue weighted by molar-refractivity contribution is 0.179. The molecule has 0 aromatic heterocycles. The van der Waals surface area contributed by atoms with Crippen LogP contribution in [0.4, 0.5) is 10.5 Å². The largest absolute Gasteiger partial charge is 0.370 e. The van der Waals surface area contributed by atoms with Crippen LogP contribution in [0.3, 0.4) is 0 Å². The second-order valence-electron chi connectivity index (χ2n) is 5.99. The maximum absolute atomic E-state index is 12.2. The van der Waals surface area contributed by atoms with E-state index in [1.807, 2.05) is 17.0 Å². The highest BCUT2D eigenvalue weighted by Crippen LogP contribution is 2.18. The molecule has 1 aromatic rings. The molecule has 0 saturated carbocycles. The number of aryl methyl sites for hydroxylation is 1. The molecule has 1 fully saturated rings. The van der Waals surface area contributed by atoms with E-state index in [-0.39, 0.29) is 11.9 Å². The number of nitriles is 1. The minimum atomic E-state index is -0.0118. The monoisotopic (exact) mass is 314 g/mol. The summed E-state index contributed by atoms with van der Waals surface area (Å²) >= 11 is 0. The van der Waals surface area contributed by atoms with E-state index in [1.54, 1.807) is 0 Å². The van der Waals surface area contributed by atoms with Crippen molar-refractivity contribution in [2.45, 2.75) is 26.7 Å². The number of likely N-dealkylation sites (tertiary alicyclic amines) is 1. The minimum Gasteiger partial charge on any atom is -0.370 e. The number of benzene rings is 1. The summed E-state index contributed by atoms with van der Waals surface area (Å²) in [7, 11) is 0. The number of nitrogens with one attached hydrogen (secondary N) is 1. The molecule has 1 heterocycles. The van der Waals surface area contributed by atoms with E-state index < -0.39 is 0 Å². The number of para-hydroxylation sites is 1. The van der Waals surface area contributed by atoms with Gasteiger partial charge in [-0.25, -0.2) is 4.79 Å². The van der Waals surface area contributed by atoms with Crippen LogP contribution in [0, 0.1) is 24.2 Å². The number of carbonyl (C=O) groups is 1. The lowest BCUT2D eigenvalue weighted by atomic mass is 9.99. The average Bonchev–Trinajstić information content (AvgIpc) is 2.59. The zero-order valence-corrected chi connectivity index (χ0v) is 14.1. The number of amides is 2. The van der Waals surface area contributed by atoms with Gasteiger partial charge >= 0.3 is 6.03 Å². The van der Waals surface area contributed by atoms with Crippen molar-refractivity contribution in [1.82, 2.24) is 10.2 Å². The van der Waals surface area contributed by atoms with E-state index in [4.69, 9.17) is 5.26 Å². The maximum Gasteiger partial charge on any atom is 0.317 e. The summed E-state index contributed by atoms with van der Waals surface area (Å²) in [5.41, 5.74) is 2.47. The van der Waals surface area contributed by atoms with E-state index in [0.29, 0.717) is 19.6 Å². The van der Waals surface area contributed by atoms with E-state index >= 15 is 0 Å². The molecule has 124 valence electrons. The van der Waals surface area contributed by atoms with E-state index in [0.717, 1.165) is 25.9 Å². The Kier molecular flexibility index (Phi) is 6.28.